The molecule has 0 aromatic carbocycles. The largest absolute Gasteiger partial charge is 0.469 e. The van der Waals surface area contributed by atoms with Gasteiger partial charge >= 0.3 is 5.97 Å². The van der Waals surface area contributed by atoms with Gasteiger partial charge in [0.05, 0.1) is 19.1 Å². The highest BCUT2D eigenvalue weighted by Gasteiger charge is 2.27. The van der Waals surface area contributed by atoms with Crippen LogP contribution in [-0.4, -0.2) is 52.0 Å². The normalized spacial score (nSPS) is 22.3. The minimum absolute atomic E-state index is 0.0114. The van der Waals surface area contributed by atoms with E-state index in [9.17, 15) is 9.59 Å². The van der Waals surface area contributed by atoms with Gasteiger partial charge in [0.1, 0.15) is 6.61 Å². The highest BCUT2D eigenvalue weighted by atomic mass is 16.5. The molecule has 20 heavy (non-hydrogen) atoms. The van der Waals surface area contributed by atoms with E-state index in [4.69, 9.17) is 14.2 Å². The van der Waals surface area contributed by atoms with Crippen LogP contribution in [0.1, 0.15) is 32.1 Å². The molecule has 0 unspecified atom stereocenters. The van der Waals surface area contributed by atoms with Crippen LogP contribution in [0.25, 0.3) is 0 Å². The number of rotatable bonds is 8. The Morgan fingerprint density at radius 3 is 2.45 bits per heavy atom. The molecule has 0 aliphatic heterocycles. The standard InChI is InChI=1S/C14H25NO5/c1-18-9-3-8-15-13(16)10-20-12-6-4-11(5-7-12)14(17)19-2/h11-12H,3-10H2,1-2H3,(H,15,16). The molecule has 1 amide bonds. The number of hydrogen-bond acceptors (Lipinski definition) is 5. The van der Waals surface area contributed by atoms with Gasteiger partial charge in [-0.1, -0.05) is 0 Å². The van der Waals surface area contributed by atoms with Crippen molar-refractivity contribution in [3.63, 3.8) is 0 Å². The first-order valence-electron chi connectivity index (χ1n) is 7.12. The molecule has 1 aliphatic carbocycles. The van der Waals surface area contributed by atoms with Gasteiger partial charge < -0.3 is 19.5 Å². The second kappa shape index (κ2) is 9.72. The minimum atomic E-state index is -0.140. The van der Waals surface area contributed by atoms with Crippen LogP contribution in [0.2, 0.25) is 0 Å². The Kier molecular flexibility index (Phi) is 8.22. The number of carbonyl (C=O) groups is 2. The number of ether oxygens (including phenoxy) is 3. The molecule has 1 saturated carbocycles. The van der Waals surface area contributed by atoms with Gasteiger partial charge in [0.2, 0.25) is 5.91 Å². The second-order valence-corrected chi connectivity index (χ2v) is 5.00. The predicted octanol–water partition coefficient (Wildman–Crippen LogP) is 0.887. The number of hydrogen-bond donors (Lipinski definition) is 1. The summed E-state index contributed by atoms with van der Waals surface area (Å²) in [6, 6.07) is 0. The monoisotopic (exact) mass is 287 g/mol. The Bertz CT molecular complexity index is 300. The molecular weight excluding hydrogens is 262 g/mol. The maximum Gasteiger partial charge on any atom is 0.308 e. The smallest absolute Gasteiger partial charge is 0.308 e. The van der Waals surface area contributed by atoms with Gasteiger partial charge in [-0.2, -0.15) is 0 Å². The fraction of sp³-hybridized carbons (Fsp3) is 0.857. The summed E-state index contributed by atoms with van der Waals surface area (Å²) in [6.07, 6.45) is 4.01. The van der Waals surface area contributed by atoms with Crippen LogP contribution in [0, 0.1) is 5.92 Å². The molecule has 0 spiro atoms. The average molecular weight is 287 g/mol. The summed E-state index contributed by atoms with van der Waals surface area (Å²) in [4.78, 5) is 22.9. The fourth-order valence-corrected chi connectivity index (χ4v) is 2.32. The fourth-order valence-electron chi connectivity index (χ4n) is 2.32. The zero-order valence-corrected chi connectivity index (χ0v) is 12.4. The number of methoxy groups -OCH3 is 2. The summed E-state index contributed by atoms with van der Waals surface area (Å²) in [6.45, 7) is 1.32. The van der Waals surface area contributed by atoms with Crippen LogP contribution in [0.3, 0.4) is 0 Å². The highest BCUT2D eigenvalue weighted by molar-refractivity contribution is 5.77. The first-order valence-corrected chi connectivity index (χ1v) is 7.12. The van der Waals surface area contributed by atoms with Crippen molar-refractivity contribution < 1.29 is 23.8 Å². The lowest BCUT2D eigenvalue weighted by Gasteiger charge is -2.26. The molecule has 0 aromatic heterocycles. The minimum Gasteiger partial charge on any atom is -0.469 e. The molecule has 1 N–H and O–H groups in total. The Balaban J connectivity index is 2.09. The van der Waals surface area contributed by atoms with Gasteiger partial charge in [-0.15, -0.1) is 0 Å². The predicted molar refractivity (Wildman–Crippen MR) is 73.2 cm³/mol. The van der Waals surface area contributed by atoms with Gasteiger partial charge in [0.25, 0.3) is 0 Å². The lowest BCUT2D eigenvalue weighted by atomic mass is 9.87. The lowest BCUT2D eigenvalue weighted by molar-refractivity contribution is -0.148. The zero-order valence-electron chi connectivity index (χ0n) is 12.4. The third-order valence-corrected chi connectivity index (χ3v) is 3.51. The van der Waals surface area contributed by atoms with E-state index in [0.717, 1.165) is 32.1 Å². The van der Waals surface area contributed by atoms with Gasteiger partial charge in [0, 0.05) is 20.3 Å². The Hall–Kier alpha value is -1.14. The molecule has 6 heteroatoms. The van der Waals surface area contributed by atoms with Crippen molar-refractivity contribution >= 4 is 11.9 Å². The highest BCUT2D eigenvalue weighted by Crippen LogP contribution is 2.26. The zero-order chi connectivity index (χ0) is 14.8. The molecule has 0 aromatic rings. The average Bonchev–Trinajstić information content (AvgIpc) is 2.49. The summed E-state index contributed by atoms with van der Waals surface area (Å²) in [5.41, 5.74) is 0. The van der Waals surface area contributed by atoms with Crippen molar-refractivity contribution in [3.05, 3.63) is 0 Å². The van der Waals surface area contributed by atoms with E-state index in [2.05, 4.69) is 5.32 Å². The van der Waals surface area contributed by atoms with Crippen LogP contribution in [0.4, 0.5) is 0 Å². The Morgan fingerprint density at radius 2 is 1.85 bits per heavy atom. The second-order valence-electron chi connectivity index (χ2n) is 5.00. The summed E-state index contributed by atoms with van der Waals surface area (Å²) < 4.78 is 15.2. The molecule has 0 heterocycles. The summed E-state index contributed by atoms with van der Waals surface area (Å²) >= 11 is 0. The SMILES string of the molecule is COCCCNC(=O)COC1CCC(C(=O)OC)CC1. The van der Waals surface area contributed by atoms with Gasteiger partial charge in [0.15, 0.2) is 0 Å². The number of esters is 1. The third-order valence-electron chi connectivity index (χ3n) is 3.51. The quantitative estimate of drug-likeness (QED) is 0.530. The molecule has 6 nitrogen and oxygen atoms in total. The van der Waals surface area contributed by atoms with E-state index in [0.29, 0.717) is 13.2 Å². The van der Waals surface area contributed by atoms with Gasteiger partial charge in [-0.25, -0.2) is 0 Å². The van der Waals surface area contributed by atoms with E-state index in [1.165, 1.54) is 7.11 Å². The summed E-state index contributed by atoms with van der Waals surface area (Å²) in [5, 5.41) is 2.78. The molecule has 116 valence electrons. The lowest BCUT2D eigenvalue weighted by Crippen LogP contribution is -2.33. The van der Waals surface area contributed by atoms with Crippen molar-refractivity contribution in [1.82, 2.24) is 5.32 Å². The number of carbonyl (C=O) groups excluding carboxylic acids is 2. The van der Waals surface area contributed by atoms with Crippen LogP contribution >= 0.6 is 0 Å². The van der Waals surface area contributed by atoms with Crippen LogP contribution in [-0.2, 0) is 23.8 Å². The van der Waals surface area contributed by atoms with E-state index < -0.39 is 0 Å². The number of nitrogens with one attached hydrogen (secondary N) is 1. The van der Waals surface area contributed by atoms with Gasteiger partial charge in [-0.3, -0.25) is 9.59 Å². The van der Waals surface area contributed by atoms with Crippen LogP contribution < -0.4 is 5.32 Å². The number of amides is 1. The maximum atomic E-state index is 11.5. The summed E-state index contributed by atoms with van der Waals surface area (Å²) in [5.74, 6) is -0.252. The third kappa shape index (κ3) is 6.34. The molecule has 0 radical (unpaired) electrons. The van der Waals surface area contributed by atoms with Crippen molar-refractivity contribution in [2.75, 3.05) is 34.0 Å². The summed E-state index contributed by atoms with van der Waals surface area (Å²) in [7, 11) is 3.05. The van der Waals surface area contributed by atoms with Crippen molar-refractivity contribution in [2.45, 2.75) is 38.2 Å². The van der Waals surface area contributed by atoms with E-state index in [1.54, 1.807) is 7.11 Å². The van der Waals surface area contributed by atoms with Crippen molar-refractivity contribution in [2.24, 2.45) is 5.92 Å². The van der Waals surface area contributed by atoms with E-state index in [1.807, 2.05) is 0 Å². The topological polar surface area (TPSA) is 73.9 Å². The molecule has 0 bridgehead atoms. The molecule has 1 aliphatic rings. The van der Waals surface area contributed by atoms with Crippen LogP contribution in [0.5, 0.6) is 0 Å². The van der Waals surface area contributed by atoms with Crippen LogP contribution in [0.15, 0.2) is 0 Å². The molecular formula is C14H25NO5. The first kappa shape index (κ1) is 16.9. The Morgan fingerprint density at radius 1 is 1.15 bits per heavy atom. The van der Waals surface area contributed by atoms with Crippen molar-refractivity contribution in [3.8, 4) is 0 Å². The first-order chi connectivity index (χ1) is 9.67. The molecule has 0 atom stereocenters. The van der Waals surface area contributed by atoms with E-state index in [-0.39, 0.29) is 30.5 Å². The molecule has 1 rings (SSSR count). The van der Waals surface area contributed by atoms with Gasteiger partial charge in [-0.05, 0) is 32.1 Å². The molecule has 1 fully saturated rings. The molecule has 0 saturated heterocycles. The van der Waals surface area contributed by atoms with Crippen molar-refractivity contribution in [1.29, 1.82) is 0 Å². The van der Waals surface area contributed by atoms with E-state index >= 15 is 0 Å². The maximum absolute atomic E-state index is 11.5. The Labute approximate surface area is 120 Å².